The number of nitrogens with one attached hydrogen (secondary N) is 2. The maximum atomic E-state index is 12.4. The summed E-state index contributed by atoms with van der Waals surface area (Å²) < 4.78 is 5.39. The lowest BCUT2D eigenvalue weighted by Gasteiger charge is -2.05. The Morgan fingerprint density at radius 2 is 2.04 bits per heavy atom. The van der Waals surface area contributed by atoms with Crippen LogP contribution in [0.2, 0.25) is 0 Å². The summed E-state index contributed by atoms with van der Waals surface area (Å²) in [6.45, 7) is 2.21. The maximum Gasteiger partial charge on any atom is 0.262 e. The molecule has 1 aromatic carbocycles. The highest BCUT2D eigenvalue weighted by molar-refractivity contribution is 6.06. The van der Waals surface area contributed by atoms with Crippen LogP contribution < -0.4 is 10.9 Å². The summed E-state index contributed by atoms with van der Waals surface area (Å²) in [6, 6.07) is 10.2. The van der Waals surface area contributed by atoms with E-state index in [1.54, 1.807) is 6.92 Å². The van der Waals surface area contributed by atoms with E-state index in [9.17, 15) is 9.59 Å². The molecule has 0 bridgehead atoms. The zero-order valence-corrected chi connectivity index (χ0v) is 13.5. The van der Waals surface area contributed by atoms with Gasteiger partial charge in [-0.2, -0.15) is 0 Å². The van der Waals surface area contributed by atoms with Gasteiger partial charge >= 0.3 is 0 Å². The largest absolute Gasteiger partial charge is 0.442 e. The number of aryl methyl sites for hydroxylation is 2. The smallest absolute Gasteiger partial charge is 0.262 e. The van der Waals surface area contributed by atoms with E-state index in [0.29, 0.717) is 12.3 Å². The summed E-state index contributed by atoms with van der Waals surface area (Å²) in [6.07, 6.45) is 4.09. The summed E-state index contributed by atoms with van der Waals surface area (Å²) in [4.78, 5) is 30.7. The molecule has 0 aliphatic heterocycles. The zero-order chi connectivity index (χ0) is 16.9. The fraction of sp³-hybridized carbons (Fsp3) is 0.278. The minimum absolute atomic E-state index is 0.186. The Morgan fingerprint density at radius 3 is 2.83 bits per heavy atom. The summed E-state index contributed by atoms with van der Waals surface area (Å²) >= 11 is 0. The maximum absolute atomic E-state index is 12.4. The van der Waals surface area contributed by atoms with Crippen LogP contribution in [0, 0.1) is 6.92 Å². The number of carbonyl (C=O) groups excluding carboxylic acids is 1. The van der Waals surface area contributed by atoms with Crippen LogP contribution in [-0.2, 0) is 6.42 Å². The molecule has 2 aromatic heterocycles. The highest BCUT2D eigenvalue weighted by Gasteiger charge is 2.21. The topological polar surface area (TPSA) is 88.0 Å². The molecule has 0 saturated heterocycles. The Balaban J connectivity index is 1.58. The fourth-order valence-corrected chi connectivity index (χ4v) is 2.72. The molecule has 3 aromatic rings. The molecule has 124 valence electrons. The van der Waals surface area contributed by atoms with E-state index in [0.717, 1.165) is 19.3 Å². The van der Waals surface area contributed by atoms with Gasteiger partial charge in [0.15, 0.2) is 0 Å². The molecule has 1 amide bonds. The number of aromatic nitrogens is 2. The standard InChI is InChI=1S/C18H19N3O3/c1-12-14(15-17(23)20-11-21-18(15)24-12)16(22)19-10-6-5-9-13-7-3-2-4-8-13/h2-4,7-8,11H,5-6,9-10H2,1H3,(H,19,22)(H,20,21,23). The normalized spacial score (nSPS) is 10.9. The van der Waals surface area contributed by atoms with Crippen LogP contribution in [0.4, 0.5) is 0 Å². The van der Waals surface area contributed by atoms with Gasteiger partial charge in [0.1, 0.15) is 11.1 Å². The molecule has 0 radical (unpaired) electrons. The number of nitrogens with zero attached hydrogens (tertiary/aromatic N) is 1. The van der Waals surface area contributed by atoms with Crippen LogP contribution in [0.15, 0.2) is 45.9 Å². The SMILES string of the molecule is Cc1oc2nc[nH]c(=O)c2c1C(=O)NCCCCc1ccccc1. The van der Waals surface area contributed by atoms with Gasteiger partial charge in [-0.1, -0.05) is 30.3 Å². The monoisotopic (exact) mass is 325 g/mol. The van der Waals surface area contributed by atoms with Crippen molar-refractivity contribution >= 4 is 17.0 Å². The van der Waals surface area contributed by atoms with Crippen molar-refractivity contribution in [1.29, 1.82) is 0 Å². The minimum Gasteiger partial charge on any atom is -0.442 e. The number of hydrogen-bond donors (Lipinski definition) is 2. The molecule has 0 fully saturated rings. The fourth-order valence-electron chi connectivity index (χ4n) is 2.72. The number of aromatic amines is 1. The number of H-pyrrole nitrogens is 1. The second-order valence-corrected chi connectivity index (χ2v) is 5.64. The highest BCUT2D eigenvalue weighted by atomic mass is 16.3. The average Bonchev–Trinajstić information content (AvgIpc) is 2.93. The molecule has 0 atom stereocenters. The van der Waals surface area contributed by atoms with E-state index in [1.807, 2.05) is 18.2 Å². The third kappa shape index (κ3) is 3.37. The molecule has 2 heterocycles. The molecule has 0 aliphatic rings. The van der Waals surface area contributed by atoms with Crippen molar-refractivity contribution in [3.8, 4) is 0 Å². The molecule has 6 nitrogen and oxygen atoms in total. The Labute approximate surface area is 138 Å². The molecule has 2 N–H and O–H groups in total. The molecular formula is C18H19N3O3. The minimum atomic E-state index is -0.369. The van der Waals surface area contributed by atoms with Crippen molar-refractivity contribution in [1.82, 2.24) is 15.3 Å². The van der Waals surface area contributed by atoms with Gasteiger partial charge in [0.2, 0.25) is 5.71 Å². The molecule has 6 heteroatoms. The first-order valence-electron chi connectivity index (χ1n) is 7.95. The first-order chi connectivity index (χ1) is 11.7. The first kappa shape index (κ1) is 16.0. The molecule has 0 unspecified atom stereocenters. The Kier molecular flexibility index (Phi) is 4.74. The number of unbranched alkanes of at least 4 members (excludes halogenated alkanes) is 1. The van der Waals surface area contributed by atoms with Gasteiger partial charge < -0.3 is 14.7 Å². The van der Waals surface area contributed by atoms with Gasteiger partial charge in [0.05, 0.1) is 11.9 Å². The summed E-state index contributed by atoms with van der Waals surface area (Å²) in [5, 5.41) is 3.06. The Hall–Kier alpha value is -2.89. The number of rotatable bonds is 6. The van der Waals surface area contributed by atoms with Crippen molar-refractivity contribution in [3.63, 3.8) is 0 Å². The summed E-state index contributed by atoms with van der Waals surface area (Å²) in [7, 11) is 0. The van der Waals surface area contributed by atoms with Crippen LogP contribution in [-0.4, -0.2) is 22.4 Å². The van der Waals surface area contributed by atoms with E-state index < -0.39 is 0 Å². The van der Waals surface area contributed by atoms with Crippen molar-refractivity contribution in [2.24, 2.45) is 0 Å². The van der Waals surface area contributed by atoms with Crippen LogP contribution >= 0.6 is 0 Å². The first-order valence-corrected chi connectivity index (χ1v) is 7.95. The quantitative estimate of drug-likeness (QED) is 0.682. The van der Waals surface area contributed by atoms with E-state index in [-0.39, 0.29) is 28.1 Å². The lowest BCUT2D eigenvalue weighted by atomic mass is 10.1. The third-order valence-electron chi connectivity index (χ3n) is 3.92. The zero-order valence-electron chi connectivity index (χ0n) is 13.5. The predicted octanol–water partition coefficient (Wildman–Crippen LogP) is 2.58. The van der Waals surface area contributed by atoms with Crippen LogP contribution in [0.25, 0.3) is 11.1 Å². The Bertz CT molecular complexity index is 897. The molecule has 0 spiro atoms. The number of fused-ring (bicyclic) bond motifs is 1. The number of carbonyl (C=O) groups is 1. The van der Waals surface area contributed by atoms with E-state index in [4.69, 9.17) is 4.42 Å². The van der Waals surface area contributed by atoms with Crippen LogP contribution in [0.3, 0.4) is 0 Å². The molecular weight excluding hydrogens is 306 g/mol. The van der Waals surface area contributed by atoms with Crippen molar-refractivity contribution in [2.45, 2.75) is 26.2 Å². The summed E-state index contributed by atoms with van der Waals surface area (Å²) in [5.74, 6) is 0.0976. The van der Waals surface area contributed by atoms with E-state index >= 15 is 0 Å². The average molecular weight is 325 g/mol. The molecule has 0 aliphatic carbocycles. The van der Waals surface area contributed by atoms with Gasteiger partial charge in [0.25, 0.3) is 11.5 Å². The lowest BCUT2D eigenvalue weighted by Crippen LogP contribution is -2.26. The number of furan rings is 1. The summed E-state index contributed by atoms with van der Waals surface area (Å²) in [5.41, 5.74) is 1.37. The van der Waals surface area contributed by atoms with Crippen molar-refractivity contribution in [3.05, 3.63) is 63.9 Å². The molecule has 24 heavy (non-hydrogen) atoms. The number of benzene rings is 1. The molecule has 0 saturated carbocycles. The Morgan fingerprint density at radius 1 is 1.25 bits per heavy atom. The van der Waals surface area contributed by atoms with Gasteiger partial charge in [-0.3, -0.25) is 9.59 Å². The van der Waals surface area contributed by atoms with Crippen LogP contribution in [0.5, 0.6) is 0 Å². The predicted molar refractivity (Wildman–Crippen MR) is 91.1 cm³/mol. The van der Waals surface area contributed by atoms with Crippen molar-refractivity contribution in [2.75, 3.05) is 6.54 Å². The lowest BCUT2D eigenvalue weighted by molar-refractivity contribution is 0.0953. The second-order valence-electron chi connectivity index (χ2n) is 5.64. The van der Waals surface area contributed by atoms with Gasteiger partial charge in [-0.15, -0.1) is 0 Å². The van der Waals surface area contributed by atoms with Crippen molar-refractivity contribution < 1.29 is 9.21 Å². The highest BCUT2D eigenvalue weighted by Crippen LogP contribution is 2.20. The van der Waals surface area contributed by atoms with Crippen LogP contribution in [0.1, 0.15) is 34.5 Å². The third-order valence-corrected chi connectivity index (χ3v) is 3.92. The number of hydrogen-bond acceptors (Lipinski definition) is 4. The van der Waals surface area contributed by atoms with E-state index in [1.165, 1.54) is 11.9 Å². The van der Waals surface area contributed by atoms with Gasteiger partial charge in [-0.05, 0) is 31.7 Å². The van der Waals surface area contributed by atoms with Gasteiger partial charge in [-0.25, -0.2) is 4.98 Å². The van der Waals surface area contributed by atoms with Gasteiger partial charge in [0, 0.05) is 6.54 Å². The second kappa shape index (κ2) is 7.12. The number of amides is 1. The van der Waals surface area contributed by atoms with E-state index in [2.05, 4.69) is 27.4 Å². The molecule has 3 rings (SSSR count).